The van der Waals surface area contributed by atoms with Gasteiger partial charge in [-0.2, -0.15) is 0 Å². The van der Waals surface area contributed by atoms with Crippen molar-refractivity contribution in [3.8, 4) is 0 Å². The minimum Gasteiger partial charge on any atom is -0.465 e. The van der Waals surface area contributed by atoms with Crippen LogP contribution in [0.2, 0.25) is 5.02 Å². The number of nitrogens with two attached hydrogens (primary N) is 1. The van der Waals surface area contributed by atoms with Crippen LogP contribution in [-0.4, -0.2) is 13.1 Å². The van der Waals surface area contributed by atoms with Crippen LogP contribution in [0.3, 0.4) is 0 Å². The fourth-order valence-electron chi connectivity index (χ4n) is 1.61. The number of anilines is 3. The van der Waals surface area contributed by atoms with Crippen molar-refractivity contribution in [3.05, 3.63) is 53.1 Å². The van der Waals surface area contributed by atoms with Gasteiger partial charge >= 0.3 is 5.97 Å². The quantitative estimate of drug-likeness (QED) is 0.666. The number of carbonyl (C=O) groups excluding carboxylic acids is 1. The number of nitrogens with one attached hydrogen (secondary N) is 1. The highest BCUT2D eigenvalue weighted by Gasteiger charge is 2.05. The van der Waals surface area contributed by atoms with Gasteiger partial charge in [-0.25, -0.2) is 4.79 Å². The predicted molar refractivity (Wildman–Crippen MR) is 76.9 cm³/mol. The standard InChI is InChI=1S/C14H13ClN2O2/c1-19-14(18)9-2-5-11(6-3-9)17-13-7-4-10(15)8-12(13)16/h2-8,17H,16H2,1H3. The summed E-state index contributed by atoms with van der Waals surface area (Å²) in [4.78, 5) is 11.3. The molecule has 2 aromatic rings. The van der Waals surface area contributed by atoms with E-state index in [1.165, 1.54) is 7.11 Å². The first-order valence-electron chi connectivity index (χ1n) is 5.60. The van der Waals surface area contributed by atoms with Crippen molar-refractivity contribution >= 4 is 34.6 Å². The highest BCUT2D eigenvalue weighted by atomic mass is 35.5. The van der Waals surface area contributed by atoms with Crippen LogP contribution in [0, 0.1) is 0 Å². The molecule has 2 rings (SSSR count). The molecule has 0 fully saturated rings. The number of rotatable bonds is 3. The molecule has 3 N–H and O–H groups in total. The van der Waals surface area contributed by atoms with Crippen LogP contribution in [0.1, 0.15) is 10.4 Å². The van der Waals surface area contributed by atoms with Gasteiger partial charge in [0.2, 0.25) is 0 Å². The topological polar surface area (TPSA) is 64.3 Å². The van der Waals surface area contributed by atoms with Gasteiger partial charge in [0.15, 0.2) is 0 Å². The molecule has 0 aromatic heterocycles. The van der Waals surface area contributed by atoms with Gasteiger partial charge in [-0.05, 0) is 42.5 Å². The van der Waals surface area contributed by atoms with E-state index >= 15 is 0 Å². The molecule has 0 amide bonds. The van der Waals surface area contributed by atoms with Crippen LogP contribution in [0.25, 0.3) is 0 Å². The molecule has 0 unspecified atom stereocenters. The Kier molecular flexibility index (Phi) is 3.92. The molecule has 98 valence electrons. The lowest BCUT2D eigenvalue weighted by Crippen LogP contribution is -2.01. The Labute approximate surface area is 116 Å². The maximum absolute atomic E-state index is 11.3. The Morgan fingerprint density at radius 1 is 1.21 bits per heavy atom. The highest BCUT2D eigenvalue weighted by Crippen LogP contribution is 2.26. The Balaban J connectivity index is 2.17. The summed E-state index contributed by atoms with van der Waals surface area (Å²) in [7, 11) is 1.35. The van der Waals surface area contributed by atoms with Crippen molar-refractivity contribution in [1.82, 2.24) is 0 Å². The average molecular weight is 277 g/mol. The van der Waals surface area contributed by atoms with Gasteiger partial charge < -0.3 is 15.8 Å². The van der Waals surface area contributed by atoms with Gasteiger partial charge in [-0.1, -0.05) is 11.6 Å². The van der Waals surface area contributed by atoms with Crippen LogP contribution in [0.15, 0.2) is 42.5 Å². The maximum Gasteiger partial charge on any atom is 0.337 e. The summed E-state index contributed by atoms with van der Waals surface area (Å²) in [5.41, 5.74) is 8.49. The molecular formula is C14H13ClN2O2. The molecule has 0 radical (unpaired) electrons. The van der Waals surface area contributed by atoms with E-state index in [1.54, 1.807) is 42.5 Å². The fourth-order valence-corrected chi connectivity index (χ4v) is 1.79. The van der Waals surface area contributed by atoms with Crippen molar-refractivity contribution < 1.29 is 9.53 Å². The maximum atomic E-state index is 11.3. The molecular weight excluding hydrogens is 264 g/mol. The number of methoxy groups -OCH3 is 1. The minimum absolute atomic E-state index is 0.363. The monoisotopic (exact) mass is 276 g/mol. The van der Waals surface area contributed by atoms with Gasteiger partial charge in [0.1, 0.15) is 0 Å². The smallest absolute Gasteiger partial charge is 0.337 e. The zero-order valence-corrected chi connectivity index (χ0v) is 11.1. The lowest BCUT2D eigenvalue weighted by atomic mass is 10.2. The second-order valence-corrected chi connectivity index (χ2v) is 4.36. The first kappa shape index (κ1) is 13.2. The molecule has 0 aliphatic heterocycles. The first-order valence-corrected chi connectivity index (χ1v) is 5.98. The van der Waals surface area contributed by atoms with Crippen molar-refractivity contribution in [3.63, 3.8) is 0 Å². The van der Waals surface area contributed by atoms with E-state index in [2.05, 4.69) is 10.1 Å². The van der Waals surface area contributed by atoms with E-state index in [4.69, 9.17) is 17.3 Å². The molecule has 0 aliphatic carbocycles. The number of esters is 1. The molecule has 0 atom stereocenters. The number of hydrogen-bond donors (Lipinski definition) is 2. The first-order chi connectivity index (χ1) is 9.10. The Hall–Kier alpha value is -2.20. The Bertz CT molecular complexity index is 597. The second-order valence-electron chi connectivity index (χ2n) is 3.93. The van der Waals surface area contributed by atoms with E-state index in [-0.39, 0.29) is 5.97 Å². The number of nitrogen functional groups attached to an aromatic ring is 1. The molecule has 19 heavy (non-hydrogen) atoms. The van der Waals surface area contributed by atoms with Crippen molar-refractivity contribution in [2.45, 2.75) is 0 Å². The number of carbonyl (C=O) groups is 1. The number of ether oxygens (including phenoxy) is 1. The Morgan fingerprint density at radius 2 is 1.89 bits per heavy atom. The van der Waals surface area contributed by atoms with Crippen LogP contribution in [0.4, 0.5) is 17.1 Å². The van der Waals surface area contributed by atoms with Crippen LogP contribution >= 0.6 is 11.6 Å². The summed E-state index contributed by atoms with van der Waals surface area (Å²) >= 11 is 5.83. The van der Waals surface area contributed by atoms with Crippen LogP contribution < -0.4 is 11.1 Å². The van der Waals surface area contributed by atoms with Gasteiger partial charge in [0, 0.05) is 10.7 Å². The molecule has 0 heterocycles. The number of hydrogen-bond acceptors (Lipinski definition) is 4. The van der Waals surface area contributed by atoms with E-state index < -0.39 is 0 Å². The van der Waals surface area contributed by atoms with Crippen LogP contribution in [-0.2, 0) is 4.74 Å². The summed E-state index contributed by atoms with van der Waals surface area (Å²) < 4.78 is 4.63. The lowest BCUT2D eigenvalue weighted by Gasteiger charge is -2.10. The van der Waals surface area contributed by atoms with Crippen molar-refractivity contribution in [2.24, 2.45) is 0 Å². The molecule has 0 spiro atoms. The molecule has 0 saturated heterocycles. The third kappa shape index (κ3) is 3.17. The summed E-state index contributed by atoms with van der Waals surface area (Å²) in [6, 6.07) is 12.1. The predicted octanol–water partition coefficient (Wildman–Crippen LogP) is 3.45. The second kappa shape index (κ2) is 5.63. The zero-order chi connectivity index (χ0) is 13.8. The normalized spacial score (nSPS) is 10.0. The largest absolute Gasteiger partial charge is 0.465 e. The van der Waals surface area contributed by atoms with E-state index in [1.807, 2.05) is 0 Å². The number of halogens is 1. The van der Waals surface area contributed by atoms with Gasteiger partial charge in [-0.3, -0.25) is 0 Å². The van der Waals surface area contributed by atoms with Crippen molar-refractivity contribution in [1.29, 1.82) is 0 Å². The molecule has 5 heteroatoms. The van der Waals surface area contributed by atoms with Gasteiger partial charge in [0.05, 0.1) is 24.0 Å². The summed E-state index contributed by atoms with van der Waals surface area (Å²) in [5.74, 6) is -0.363. The Morgan fingerprint density at radius 3 is 2.47 bits per heavy atom. The van der Waals surface area contributed by atoms with E-state index in [0.717, 1.165) is 11.4 Å². The fraction of sp³-hybridized carbons (Fsp3) is 0.0714. The number of benzene rings is 2. The highest BCUT2D eigenvalue weighted by molar-refractivity contribution is 6.31. The zero-order valence-electron chi connectivity index (χ0n) is 10.3. The summed E-state index contributed by atoms with van der Waals surface area (Å²) in [6.07, 6.45) is 0. The minimum atomic E-state index is -0.363. The molecule has 0 bridgehead atoms. The van der Waals surface area contributed by atoms with Gasteiger partial charge in [-0.15, -0.1) is 0 Å². The lowest BCUT2D eigenvalue weighted by molar-refractivity contribution is 0.0601. The SMILES string of the molecule is COC(=O)c1ccc(Nc2ccc(Cl)cc2N)cc1. The van der Waals surface area contributed by atoms with Crippen LogP contribution in [0.5, 0.6) is 0 Å². The average Bonchev–Trinajstić information content (AvgIpc) is 2.42. The summed E-state index contributed by atoms with van der Waals surface area (Å²) in [5, 5.41) is 3.73. The molecule has 4 nitrogen and oxygen atoms in total. The molecule has 0 aliphatic rings. The van der Waals surface area contributed by atoms with Crippen molar-refractivity contribution in [2.75, 3.05) is 18.2 Å². The third-order valence-electron chi connectivity index (χ3n) is 2.60. The van der Waals surface area contributed by atoms with E-state index in [9.17, 15) is 4.79 Å². The summed E-state index contributed by atoms with van der Waals surface area (Å²) in [6.45, 7) is 0. The molecule has 2 aromatic carbocycles. The van der Waals surface area contributed by atoms with Gasteiger partial charge in [0.25, 0.3) is 0 Å². The molecule has 0 saturated carbocycles. The third-order valence-corrected chi connectivity index (χ3v) is 2.83. The van der Waals surface area contributed by atoms with E-state index in [0.29, 0.717) is 16.3 Å².